The molecule has 4 aromatic rings. The molecule has 36 heavy (non-hydrogen) atoms. The van der Waals surface area contributed by atoms with Crippen LogP contribution in [0.5, 0.6) is 0 Å². The van der Waals surface area contributed by atoms with Gasteiger partial charge in [0.05, 0.1) is 0 Å². The fourth-order valence-corrected chi connectivity index (χ4v) is 8.53. The van der Waals surface area contributed by atoms with Crippen LogP contribution in [0.1, 0.15) is 65.2 Å². The van der Waals surface area contributed by atoms with Gasteiger partial charge in [0, 0.05) is 19.0 Å². The summed E-state index contributed by atoms with van der Waals surface area (Å²) in [5, 5.41) is 9.00. The van der Waals surface area contributed by atoms with Gasteiger partial charge in [-0.1, -0.05) is 74.6 Å². The third-order valence-electron chi connectivity index (χ3n) is 6.79. The third kappa shape index (κ3) is 9.32. The van der Waals surface area contributed by atoms with E-state index in [4.69, 9.17) is 0 Å². The Morgan fingerprint density at radius 3 is 1.36 bits per heavy atom. The van der Waals surface area contributed by atoms with Crippen molar-refractivity contribution in [2.45, 2.75) is 76.3 Å². The van der Waals surface area contributed by atoms with Crippen LogP contribution in [0.4, 0.5) is 0 Å². The van der Waals surface area contributed by atoms with E-state index in [1.54, 1.807) is 34.6 Å². The fraction of sp³-hybridized carbons (Fsp3) is 0.387. The summed E-state index contributed by atoms with van der Waals surface area (Å²) in [5.41, 5.74) is 1.96. The number of hydrogen-bond acceptors (Lipinski definition) is 0. The summed E-state index contributed by atoms with van der Waals surface area (Å²) in [7, 11) is 2.07. The van der Waals surface area contributed by atoms with Crippen LogP contribution < -0.4 is 35.2 Å². The van der Waals surface area contributed by atoms with E-state index in [2.05, 4.69) is 86.6 Å². The molecule has 2 fully saturated rings. The van der Waals surface area contributed by atoms with Crippen LogP contribution in [0.3, 0.4) is 0 Å². The van der Waals surface area contributed by atoms with E-state index in [1.807, 2.05) is 0 Å². The fourth-order valence-electron chi connectivity index (χ4n) is 5.13. The first-order valence-corrected chi connectivity index (χ1v) is 16.3. The van der Waals surface area contributed by atoms with Crippen molar-refractivity contribution in [3.63, 3.8) is 0 Å². The second-order valence-electron chi connectivity index (χ2n) is 9.92. The van der Waals surface area contributed by atoms with Crippen LogP contribution in [0.25, 0.3) is 21.5 Å². The van der Waals surface area contributed by atoms with E-state index >= 15 is 0 Å². The summed E-state index contributed by atoms with van der Waals surface area (Å²) >= 11 is 1.55. The summed E-state index contributed by atoms with van der Waals surface area (Å²) in [5.74, 6) is 0. The molecule has 0 unspecified atom stereocenters. The minimum absolute atomic E-state index is 0. The molecule has 0 nitrogen and oxygen atoms in total. The minimum Gasteiger partial charge on any atom is -1.00 e. The van der Waals surface area contributed by atoms with Crippen molar-refractivity contribution >= 4 is 54.2 Å². The Balaban J connectivity index is 0.000000211. The molecular weight excluding hydrogens is 591 g/mol. The Morgan fingerprint density at radius 2 is 1.00 bits per heavy atom. The van der Waals surface area contributed by atoms with Crippen LogP contribution in [-0.2, 0) is 24.2 Å². The first-order valence-electron chi connectivity index (χ1n) is 12.9. The molecule has 0 aromatic heterocycles. The second kappa shape index (κ2) is 16.4. The Kier molecular flexibility index (Phi) is 14.4. The molecular formula is C31H36Cl2Si2Zr-2. The molecule has 0 saturated heterocycles. The van der Waals surface area contributed by atoms with Crippen molar-refractivity contribution in [1.29, 1.82) is 0 Å². The zero-order valence-corrected chi connectivity index (χ0v) is 27.5. The normalized spacial score (nSPS) is 15.4. The standard InChI is InChI=1S/2C14H15Si.C3H6.2ClH.Zr/c2*1-4-8-13-11(5-1)9-10-14(13)15-12-6-2-3-7-12;1-3-2;;;/h2*1,4-5,8-10,12H,2-3,6-7H2;1-2H3;2*1H;/q2*-1;;;;+2/p-2. The van der Waals surface area contributed by atoms with E-state index in [0.717, 1.165) is 30.1 Å². The van der Waals surface area contributed by atoms with Gasteiger partial charge in [-0.25, -0.2) is 0 Å². The summed E-state index contributed by atoms with van der Waals surface area (Å²) in [6, 6.07) is 26.8. The van der Waals surface area contributed by atoms with Crippen LogP contribution in [0, 0.1) is 0 Å². The molecule has 5 heteroatoms. The van der Waals surface area contributed by atoms with Gasteiger partial charge >= 0.3 is 41.3 Å². The van der Waals surface area contributed by atoms with Crippen molar-refractivity contribution in [3.05, 3.63) is 72.8 Å². The maximum absolute atomic E-state index is 2.33. The van der Waals surface area contributed by atoms with Gasteiger partial charge in [-0.2, -0.15) is 33.3 Å². The van der Waals surface area contributed by atoms with Gasteiger partial charge in [-0.15, -0.1) is 59.3 Å². The molecule has 0 heterocycles. The average Bonchev–Trinajstić information content (AvgIpc) is 3.64. The van der Waals surface area contributed by atoms with E-state index < -0.39 is 0 Å². The zero-order valence-electron chi connectivity index (χ0n) is 21.5. The predicted molar refractivity (Wildman–Crippen MR) is 151 cm³/mol. The summed E-state index contributed by atoms with van der Waals surface area (Å²) in [6.45, 7) is 4.25. The van der Waals surface area contributed by atoms with Gasteiger partial charge in [0.15, 0.2) is 0 Å². The molecule has 0 bridgehead atoms. The third-order valence-corrected chi connectivity index (χ3v) is 10.3. The van der Waals surface area contributed by atoms with Crippen molar-refractivity contribution in [2.24, 2.45) is 0 Å². The maximum Gasteiger partial charge on any atom is 0.00924 e. The number of fused-ring (bicyclic) bond motifs is 2. The monoisotopic (exact) mass is 624 g/mol. The molecule has 2 saturated carbocycles. The van der Waals surface area contributed by atoms with E-state index in [0.29, 0.717) is 0 Å². The molecule has 4 radical (unpaired) electrons. The van der Waals surface area contributed by atoms with E-state index in [1.165, 1.54) is 76.1 Å². The number of rotatable bonds is 4. The van der Waals surface area contributed by atoms with Crippen molar-refractivity contribution < 1.29 is 49.0 Å². The van der Waals surface area contributed by atoms with Gasteiger partial charge in [0.1, 0.15) is 0 Å². The smallest absolute Gasteiger partial charge is 0.00924 e. The van der Waals surface area contributed by atoms with Crippen molar-refractivity contribution in [3.8, 4) is 0 Å². The molecule has 0 amide bonds. The predicted octanol–water partition coefficient (Wildman–Crippen LogP) is 1.25. The molecule has 6 rings (SSSR count). The Bertz CT molecular complexity index is 1090. The van der Waals surface area contributed by atoms with Gasteiger partial charge < -0.3 is 24.8 Å². The Hall–Kier alpha value is -0.573. The van der Waals surface area contributed by atoms with E-state index in [-0.39, 0.29) is 24.8 Å². The molecule has 0 atom stereocenters. The zero-order chi connectivity index (χ0) is 23.8. The Labute approximate surface area is 250 Å². The molecule has 4 aromatic carbocycles. The van der Waals surface area contributed by atoms with Crippen molar-refractivity contribution in [2.75, 3.05) is 0 Å². The number of benzene rings is 2. The molecule has 188 valence electrons. The molecule has 2 aliphatic carbocycles. The molecule has 0 N–H and O–H groups in total. The molecule has 0 spiro atoms. The van der Waals surface area contributed by atoms with Gasteiger partial charge in [-0.05, 0) is 0 Å². The largest absolute Gasteiger partial charge is 1.00 e. The SMILES string of the molecule is C[C](C)=[Zr+2].[Cl-].[Cl-].c1ccc2c([Si]C3CCCC3)c[cH-]c2c1.c1ccc2c([Si]C3CCCC3)c[cH-]c2c1. The maximum atomic E-state index is 2.33. The van der Waals surface area contributed by atoms with Crippen LogP contribution >= 0.6 is 0 Å². The molecule has 0 aliphatic heterocycles. The quantitative estimate of drug-likeness (QED) is 0.237. The Morgan fingerprint density at radius 1 is 0.667 bits per heavy atom. The topological polar surface area (TPSA) is 0 Å². The van der Waals surface area contributed by atoms with Crippen LogP contribution in [0.15, 0.2) is 72.8 Å². The minimum atomic E-state index is 0. The first kappa shape index (κ1) is 31.6. The van der Waals surface area contributed by atoms with E-state index in [9.17, 15) is 0 Å². The van der Waals surface area contributed by atoms with Crippen LogP contribution in [0.2, 0.25) is 11.1 Å². The van der Waals surface area contributed by atoms with Crippen molar-refractivity contribution in [1.82, 2.24) is 0 Å². The summed E-state index contributed by atoms with van der Waals surface area (Å²) < 4.78 is 1.51. The first-order chi connectivity index (χ1) is 16.6. The van der Waals surface area contributed by atoms with Gasteiger partial charge in [0.2, 0.25) is 0 Å². The molecule has 2 aliphatic rings. The summed E-state index contributed by atoms with van der Waals surface area (Å²) in [6.07, 6.45) is 11.6. The second-order valence-corrected chi connectivity index (χ2v) is 15.7. The number of hydrogen-bond donors (Lipinski definition) is 0. The summed E-state index contributed by atoms with van der Waals surface area (Å²) in [4.78, 5) is 0. The average molecular weight is 627 g/mol. The van der Waals surface area contributed by atoms with Gasteiger partial charge in [-0.3, -0.25) is 0 Å². The van der Waals surface area contributed by atoms with Crippen LogP contribution in [-0.4, -0.2) is 22.2 Å². The number of halogens is 2. The van der Waals surface area contributed by atoms with Gasteiger partial charge in [0.25, 0.3) is 0 Å².